The summed E-state index contributed by atoms with van der Waals surface area (Å²) in [5.41, 5.74) is 7.65. The van der Waals surface area contributed by atoms with E-state index in [9.17, 15) is 5.11 Å². The second kappa shape index (κ2) is 4.53. The molecule has 1 aromatic carbocycles. The number of aromatic hydroxyl groups is 1. The molecular weight excluding hydrogens is 190 g/mol. The lowest BCUT2D eigenvalue weighted by Gasteiger charge is -2.22. The molecule has 1 aliphatic heterocycles. The molecule has 2 rings (SSSR count). The lowest BCUT2D eigenvalue weighted by molar-refractivity contribution is 0.0550. The molecule has 1 atom stereocenters. The molecule has 1 fully saturated rings. The van der Waals surface area contributed by atoms with Gasteiger partial charge in [0.15, 0.2) is 0 Å². The van der Waals surface area contributed by atoms with Crippen LogP contribution in [0.25, 0.3) is 0 Å². The first-order chi connectivity index (χ1) is 7.25. The molecule has 1 saturated heterocycles. The molecule has 1 aliphatic rings. The fraction of sp³-hybridized carbons (Fsp3) is 0.500. The highest BCUT2D eigenvalue weighted by Crippen LogP contribution is 2.25. The topological polar surface area (TPSA) is 55.5 Å². The first kappa shape index (κ1) is 10.3. The summed E-state index contributed by atoms with van der Waals surface area (Å²) < 4.78 is 5.42. The highest BCUT2D eigenvalue weighted by molar-refractivity contribution is 5.50. The monoisotopic (exact) mass is 207 g/mol. The molecule has 1 heterocycles. The van der Waals surface area contributed by atoms with Gasteiger partial charge >= 0.3 is 0 Å². The van der Waals surface area contributed by atoms with Gasteiger partial charge in [-0.1, -0.05) is 0 Å². The zero-order valence-corrected chi connectivity index (χ0v) is 8.78. The smallest absolute Gasteiger partial charge is 0.116 e. The van der Waals surface area contributed by atoms with E-state index >= 15 is 0 Å². The van der Waals surface area contributed by atoms with Crippen molar-refractivity contribution in [3.05, 3.63) is 23.8 Å². The minimum atomic E-state index is 0.288. The standard InChI is InChI=1S/C12H17NO2/c13-12-4-3-11(14)7-10(12)6-9-2-1-5-15-8-9/h3-4,7,9,14H,1-2,5-6,8,13H2. The van der Waals surface area contributed by atoms with Crippen LogP contribution in [0.2, 0.25) is 0 Å². The van der Waals surface area contributed by atoms with Crippen LogP contribution < -0.4 is 5.73 Å². The van der Waals surface area contributed by atoms with E-state index < -0.39 is 0 Å². The second-order valence-corrected chi connectivity index (χ2v) is 4.17. The van der Waals surface area contributed by atoms with Crippen LogP contribution in [0.15, 0.2) is 18.2 Å². The highest BCUT2D eigenvalue weighted by atomic mass is 16.5. The van der Waals surface area contributed by atoms with Gasteiger partial charge in [-0.05, 0) is 48.9 Å². The maximum Gasteiger partial charge on any atom is 0.116 e. The molecule has 82 valence electrons. The summed E-state index contributed by atoms with van der Waals surface area (Å²) >= 11 is 0. The van der Waals surface area contributed by atoms with E-state index in [2.05, 4.69) is 0 Å². The van der Waals surface area contributed by atoms with E-state index in [0.29, 0.717) is 5.92 Å². The third-order valence-corrected chi connectivity index (χ3v) is 2.89. The van der Waals surface area contributed by atoms with Crippen molar-refractivity contribution in [3.8, 4) is 5.75 Å². The van der Waals surface area contributed by atoms with E-state index in [4.69, 9.17) is 10.5 Å². The van der Waals surface area contributed by atoms with Crippen LogP contribution in [-0.4, -0.2) is 18.3 Å². The van der Waals surface area contributed by atoms with Crippen LogP contribution in [0.4, 0.5) is 5.69 Å². The third-order valence-electron chi connectivity index (χ3n) is 2.89. The summed E-state index contributed by atoms with van der Waals surface area (Å²) in [7, 11) is 0. The largest absolute Gasteiger partial charge is 0.508 e. The Morgan fingerprint density at radius 3 is 3.07 bits per heavy atom. The average Bonchev–Trinajstić information content (AvgIpc) is 2.25. The summed E-state index contributed by atoms with van der Waals surface area (Å²) in [5.74, 6) is 0.832. The Hall–Kier alpha value is -1.22. The predicted molar refractivity (Wildman–Crippen MR) is 59.8 cm³/mol. The molecule has 0 aromatic heterocycles. The van der Waals surface area contributed by atoms with Gasteiger partial charge in [-0.25, -0.2) is 0 Å². The Kier molecular flexibility index (Phi) is 3.11. The lowest BCUT2D eigenvalue weighted by atomic mass is 9.93. The predicted octanol–water partition coefficient (Wildman–Crippen LogP) is 1.94. The van der Waals surface area contributed by atoms with Crippen molar-refractivity contribution >= 4 is 5.69 Å². The van der Waals surface area contributed by atoms with Crippen LogP contribution in [0, 0.1) is 5.92 Å². The fourth-order valence-corrected chi connectivity index (χ4v) is 2.05. The lowest BCUT2D eigenvalue weighted by Crippen LogP contribution is -2.19. The average molecular weight is 207 g/mol. The minimum Gasteiger partial charge on any atom is -0.508 e. The molecule has 0 aliphatic carbocycles. The van der Waals surface area contributed by atoms with E-state index in [-0.39, 0.29) is 5.75 Å². The highest BCUT2D eigenvalue weighted by Gasteiger charge is 2.15. The van der Waals surface area contributed by atoms with Gasteiger partial charge in [-0.2, -0.15) is 0 Å². The molecule has 3 N–H and O–H groups in total. The van der Waals surface area contributed by atoms with Crippen LogP contribution in [0.3, 0.4) is 0 Å². The van der Waals surface area contributed by atoms with Gasteiger partial charge in [0.25, 0.3) is 0 Å². The quantitative estimate of drug-likeness (QED) is 0.575. The summed E-state index contributed by atoms with van der Waals surface area (Å²) in [6.45, 7) is 1.70. The van der Waals surface area contributed by atoms with Crippen molar-refractivity contribution in [3.63, 3.8) is 0 Å². The molecule has 1 unspecified atom stereocenters. The zero-order chi connectivity index (χ0) is 10.7. The molecule has 0 saturated carbocycles. The summed E-state index contributed by atoms with van der Waals surface area (Å²) in [6.07, 6.45) is 3.22. The zero-order valence-electron chi connectivity index (χ0n) is 8.78. The number of benzene rings is 1. The van der Waals surface area contributed by atoms with Crippen LogP contribution in [0.5, 0.6) is 5.75 Å². The first-order valence-electron chi connectivity index (χ1n) is 5.41. The molecule has 1 aromatic rings. The van der Waals surface area contributed by atoms with Crippen molar-refractivity contribution in [1.82, 2.24) is 0 Å². The third kappa shape index (κ3) is 2.63. The number of hydrogen-bond acceptors (Lipinski definition) is 3. The van der Waals surface area contributed by atoms with Gasteiger partial charge in [0.05, 0.1) is 0 Å². The molecule has 0 bridgehead atoms. The summed E-state index contributed by atoms with van der Waals surface area (Å²) in [5, 5.41) is 9.38. The van der Waals surface area contributed by atoms with Gasteiger partial charge < -0.3 is 15.6 Å². The molecule has 0 spiro atoms. The van der Waals surface area contributed by atoms with E-state index in [0.717, 1.165) is 37.3 Å². The Balaban J connectivity index is 2.05. The molecule has 3 nitrogen and oxygen atoms in total. The Morgan fingerprint density at radius 2 is 2.33 bits per heavy atom. The van der Waals surface area contributed by atoms with Crippen molar-refractivity contribution in [2.45, 2.75) is 19.3 Å². The van der Waals surface area contributed by atoms with Gasteiger partial charge in [-0.15, -0.1) is 0 Å². The van der Waals surface area contributed by atoms with Gasteiger partial charge in [0.2, 0.25) is 0 Å². The summed E-state index contributed by atoms with van der Waals surface area (Å²) in [4.78, 5) is 0. The number of phenols is 1. The summed E-state index contributed by atoms with van der Waals surface area (Å²) in [6, 6.07) is 5.13. The molecule has 15 heavy (non-hydrogen) atoms. The van der Waals surface area contributed by atoms with Gasteiger partial charge in [0.1, 0.15) is 5.75 Å². The number of anilines is 1. The number of nitrogens with two attached hydrogens (primary N) is 1. The maximum atomic E-state index is 9.38. The van der Waals surface area contributed by atoms with Crippen molar-refractivity contribution in [2.75, 3.05) is 18.9 Å². The van der Waals surface area contributed by atoms with E-state index in [1.807, 2.05) is 0 Å². The number of nitrogen functional groups attached to an aromatic ring is 1. The molecular formula is C12H17NO2. The van der Waals surface area contributed by atoms with Crippen molar-refractivity contribution in [2.24, 2.45) is 5.92 Å². The normalized spacial score (nSPS) is 21.5. The number of hydrogen-bond donors (Lipinski definition) is 2. The second-order valence-electron chi connectivity index (χ2n) is 4.17. The van der Waals surface area contributed by atoms with Gasteiger partial charge in [-0.3, -0.25) is 0 Å². The van der Waals surface area contributed by atoms with Gasteiger partial charge in [0, 0.05) is 18.9 Å². The fourth-order valence-electron chi connectivity index (χ4n) is 2.05. The van der Waals surface area contributed by atoms with Crippen molar-refractivity contribution < 1.29 is 9.84 Å². The van der Waals surface area contributed by atoms with Crippen LogP contribution in [-0.2, 0) is 11.2 Å². The minimum absolute atomic E-state index is 0.288. The van der Waals surface area contributed by atoms with Crippen LogP contribution in [0.1, 0.15) is 18.4 Å². The van der Waals surface area contributed by atoms with Crippen LogP contribution >= 0.6 is 0 Å². The number of phenolic OH excluding ortho intramolecular Hbond substituents is 1. The number of rotatable bonds is 2. The molecule has 0 radical (unpaired) electrons. The Bertz CT molecular complexity index is 332. The Labute approximate surface area is 89.9 Å². The van der Waals surface area contributed by atoms with Crippen molar-refractivity contribution in [1.29, 1.82) is 0 Å². The maximum absolute atomic E-state index is 9.38. The Morgan fingerprint density at radius 1 is 1.47 bits per heavy atom. The van der Waals surface area contributed by atoms with E-state index in [1.54, 1.807) is 18.2 Å². The number of ether oxygens (including phenoxy) is 1. The SMILES string of the molecule is Nc1ccc(O)cc1CC1CCCOC1. The van der Waals surface area contributed by atoms with E-state index in [1.165, 1.54) is 6.42 Å². The molecule has 0 amide bonds. The molecule has 3 heteroatoms. The first-order valence-corrected chi connectivity index (χ1v) is 5.41.